The topological polar surface area (TPSA) is 132 Å². The lowest BCUT2D eigenvalue weighted by Crippen LogP contribution is -2.38. The van der Waals surface area contributed by atoms with E-state index in [1.807, 2.05) is 23.1 Å². The summed E-state index contributed by atoms with van der Waals surface area (Å²) in [4.78, 5) is 35.4. The van der Waals surface area contributed by atoms with E-state index in [0.29, 0.717) is 38.2 Å². The van der Waals surface area contributed by atoms with Crippen LogP contribution in [-0.2, 0) is 9.53 Å². The average molecular weight is 438 g/mol. The van der Waals surface area contributed by atoms with Crippen molar-refractivity contribution in [3.8, 4) is 0 Å². The molecule has 1 aliphatic rings. The van der Waals surface area contributed by atoms with Gasteiger partial charge in [-0.2, -0.15) is 4.79 Å². The van der Waals surface area contributed by atoms with E-state index in [-0.39, 0.29) is 29.2 Å². The van der Waals surface area contributed by atoms with E-state index in [1.54, 1.807) is 25.3 Å². The van der Waals surface area contributed by atoms with E-state index in [9.17, 15) is 14.9 Å². The van der Waals surface area contributed by atoms with Gasteiger partial charge in [0.25, 0.3) is 0 Å². The minimum Gasteiger partial charge on any atom is -0.466 e. The van der Waals surface area contributed by atoms with Crippen LogP contribution in [0.15, 0.2) is 49.1 Å². The SMILES string of the molecule is CCOC(=O)C1CCN(c2ncnc(N(c3ccccc3)n3ccnn3)c2[N+](=O)[O-])CC1. The smallest absolute Gasteiger partial charge is 0.355 e. The Labute approximate surface area is 183 Å². The van der Waals surface area contributed by atoms with E-state index >= 15 is 0 Å². The van der Waals surface area contributed by atoms with Crippen molar-refractivity contribution < 1.29 is 14.5 Å². The number of rotatable bonds is 7. The molecule has 2 aromatic heterocycles. The second kappa shape index (κ2) is 9.37. The summed E-state index contributed by atoms with van der Waals surface area (Å²) in [5.41, 5.74) is 0.369. The van der Waals surface area contributed by atoms with Crippen molar-refractivity contribution in [3.63, 3.8) is 0 Å². The Morgan fingerprint density at radius 3 is 2.62 bits per heavy atom. The van der Waals surface area contributed by atoms with Crippen molar-refractivity contribution in [2.45, 2.75) is 19.8 Å². The van der Waals surface area contributed by atoms with Crippen LogP contribution < -0.4 is 9.91 Å². The molecule has 3 aromatic rings. The number of para-hydroxylation sites is 1. The van der Waals surface area contributed by atoms with Crippen LogP contribution in [0.2, 0.25) is 0 Å². The average Bonchev–Trinajstić information content (AvgIpc) is 3.34. The van der Waals surface area contributed by atoms with Gasteiger partial charge in [0, 0.05) is 13.1 Å². The maximum absolute atomic E-state index is 12.2. The molecule has 1 aromatic carbocycles. The molecule has 1 aliphatic heterocycles. The number of anilines is 3. The fraction of sp³-hybridized carbons (Fsp3) is 0.350. The molecule has 3 heterocycles. The largest absolute Gasteiger partial charge is 0.466 e. The van der Waals surface area contributed by atoms with Crippen LogP contribution in [-0.4, -0.2) is 55.7 Å². The van der Waals surface area contributed by atoms with Crippen molar-refractivity contribution in [1.29, 1.82) is 0 Å². The first kappa shape index (κ1) is 21.2. The summed E-state index contributed by atoms with van der Waals surface area (Å²) in [5, 5.41) is 21.5. The molecule has 12 heteroatoms. The van der Waals surface area contributed by atoms with E-state index in [2.05, 4.69) is 20.3 Å². The number of esters is 1. The monoisotopic (exact) mass is 438 g/mol. The lowest BCUT2D eigenvalue weighted by Gasteiger charge is -2.32. The molecule has 32 heavy (non-hydrogen) atoms. The third-order valence-electron chi connectivity index (χ3n) is 5.20. The Bertz CT molecular complexity index is 1070. The van der Waals surface area contributed by atoms with Crippen LogP contribution in [0.3, 0.4) is 0 Å². The maximum Gasteiger partial charge on any atom is 0.355 e. The molecular weight excluding hydrogens is 416 g/mol. The summed E-state index contributed by atoms with van der Waals surface area (Å²) in [5.74, 6) is -0.193. The summed E-state index contributed by atoms with van der Waals surface area (Å²) < 4.78 is 5.11. The summed E-state index contributed by atoms with van der Waals surface area (Å²) in [6.45, 7) is 2.98. The number of nitrogens with zero attached hydrogens (tertiary/aromatic N) is 8. The molecule has 0 radical (unpaired) electrons. The minimum absolute atomic E-state index is 0.0595. The highest BCUT2D eigenvalue weighted by molar-refractivity contribution is 5.76. The fourth-order valence-corrected chi connectivity index (χ4v) is 3.71. The summed E-state index contributed by atoms with van der Waals surface area (Å²) in [6, 6.07) is 9.05. The molecule has 166 valence electrons. The van der Waals surface area contributed by atoms with Gasteiger partial charge >= 0.3 is 11.7 Å². The van der Waals surface area contributed by atoms with Crippen LogP contribution in [0.1, 0.15) is 19.8 Å². The Balaban J connectivity index is 1.71. The lowest BCUT2D eigenvalue weighted by molar-refractivity contribution is -0.383. The number of piperidine rings is 1. The molecule has 0 N–H and O–H groups in total. The van der Waals surface area contributed by atoms with Gasteiger partial charge in [0.2, 0.25) is 11.6 Å². The summed E-state index contributed by atoms with van der Waals surface area (Å²) in [6.07, 6.45) is 5.40. The Kier molecular flexibility index (Phi) is 6.19. The van der Waals surface area contributed by atoms with Crippen molar-refractivity contribution in [3.05, 3.63) is 59.2 Å². The van der Waals surface area contributed by atoms with Crippen molar-refractivity contribution in [2.75, 3.05) is 29.6 Å². The van der Waals surface area contributed by atoms with Gasteiger partial charge in [0.15, 0.2) is 0 Å². The van der Waals surface area contributed by atoms with Gasteiger partial charge in [0.05, 0.1) is 35.5 Å². The number of nitro groups is 1. The van der Waals surface area contributed by atoms with Crippen LogP contribution in [0, 0.1) is 16.0 Å². The molecule has 0 unspecified atom stereocenters. The molecule has 0 aliphatic carbocycles. The van der Waals surface area contributed by atoms with Gasteiger partial charge in [-0.1, -0.05) is 18.2 Å². The first-order chi connectivity index (χ1) is 15.6. The number of hydrogen-bond donors (Lipinski definition) is 0. The van der Waals surface area contributed by atoms with Crippen molar-refractivity contribution in [1.82, 2.24) is 25.1 Å². The zero-order chi connectivity index (χ0) is 22.5. The zero-order valence-electron chi connectivity index (χ0n) is 17.4. The van der Waals surface area contributed by atoms with Gasteiger partial charge < -0.3 is 9.64 Å². The van der Waals surface area contributed by atoms with Gasteiger partial charge in [-0.15, -0.1) is 5.10 Å². The molecule has 0 saturated carbocycles. The Morgan fingerprint density at radius 2 is 2.00 bits per heavy atom. The van der Waals surface area contributed by atoms with Crippen LogP contribution in [0.4, 0.5) is 23.0 Å². The summed E-state index contributed by atoms with van der Waals surface area (Å²) in [7, 11) is 0. The normalized spacial score (nSPS) is 14.2. The standard InChI is InChI=1S/C20H22N8O4/c1-2-32-20(29)15-8-11-25(12-9-15)18-17(28(30)31)19(22-14-21-18)27(26-13-10-23-24-26)16-6-4-3-5-7-16/h3-7,10,13-15H,2,8-9,11-12H2,1H3. The number of carbonyl (C=O) groups is 1. The predicted molar refractivity (Wildman–Crippen MR) is 114 cm³/mol. The van der Waals surface area contributed by atoms with Gasteiger partial charge in [-0.25, -0.2) is 15.0 Å². The van der Waals surface area contributed by atoms with Gasteiger partial charge in [-0.05, 0) is 37.1 Å². The molecular formula is C20H22N8O4. The highest BCUT2D eigenvalue weighted by Crippen LogP contribution is 2.38. The molecule has 0 atom stereocenters. The number of hydrogen-bond acceptors (Lipinski definition) is 10. The van der Waals surface area contributed by atoms with E-state index < -0.39 is 4.92 Å². The number of ether oxygens (including phenoxy) is 1. The first-order valence-corrected chi connectivity index (χ1v) is 10.2. The second-order valence-electron chi connectivity index (χ2n) is 7.11. The van der Waals surface area contributed by atoms with E-state index in [1.165, 1.54) is 22.3 Å². The molecule has 4 rings (SSSR count). The molecule has 0 amide bonds. The summed E-state index contributed by atoms with van der Waals surface area (Å²) >= 11 is 0. The molecule has 1 fully saturated rings. The Morgan fingerprint density at radius 1 is 1.25 bits per heavy atom. The second-order valence-corrected chi connectivity index (χ2v) is 7.11. The van der Waals surface area contributed by atoms with Crippen molar-refractivity contribution in [2.24, 2.45) is 5.92 Å². The predicted octanol–water partition coefficient (Wildman–Crippen LogP) is 2.36. The molecule has 0 bridgehead atoms. The van der Waals surface area contributed by atoms with Crippen LogP contribution in [0.25, 0.3) is 0 Å². The first-order valence-electron chi connectivity index (χ1n) is 10.2. The highest BCUT2D eigenvalue weighted by atomic mass is 16.6. The number of carbonyl (C=O) groups excluding carboxylic acids is 1. The van der Waals surface area contributed by atoms with Crippen LogP contribution in [0.5, 0.6) is 0 Å². The van der Waals surface area contributed by atoms with E-state index in [4.69, 9.17) is 4.74 Å². The third kappa shape index (κ3) is 4.19. The quantitative estimate of drug-likeness (QED) is 0.307. The fourth-order valence-electron chi connectivity index (χ4n) is 3.71. The van der Waals surface area contributed by atoms with Crippen LogP contribution >= 0.6 is 0 Å². The number of benzene rings is 1. The number of aromatic nitrogens is 5. The van der Waals surface area contributed by atoms with Crippen molar-refractivity contribution >= 4 is 29.0 Å². The third-order valence-corrected chi connectivity index (χ3v) is 5.20. The highest BCUT2D eigenvalue weighted by Gasteiger charge is 2.35. The van der Waals surface area contributed by atoms with Gasteiger partial charge in [-0.3, -0.25) is 14.9 Å². The lowest BCUT2D eigenvalue weighted by atomic mass is 9.97. The Hall–Kier alpha value is -4.09. The molecule has 12 nitrogen and oxygen atoms in total. The molecule has 0 spiro atoms. The zero-order valence-corrected chi connectivity index (χ0v) is 17.4. The minimum atomic E-state index is -0.491. The maximum atomic E-state index is 12.2. The molecule has 1 saturated heterocycles. The van der Waals surface area contributed by atoms with E-state index in [0.717, 1.165) is 0 Å². The van der Waals surface area contributed by atoms with Gasteiger partial charge in [0.1, 0.15) is 6.33 Å².